The summed E-state index contributed by atoms with van der Waals surface area (Å²) >= 11 is 0. The number of hydrogen-bond acceptors (Lipinski definition) is 2. The minimum absolute atomic E-state index is 0.131. The normalized spacial score (nSPS) is 9.14. The van der Waals surface area contributed by atoms with Crippen LogP contribution in [0.3, 0.4) is 0 Å². The molecule has 4 nitrogen and oxygen atoms in total. The summed E-state index contributed by atoms with van der Waals surface area (Å²) < 4.78 is 0. The van der Waals surface area contributed by atoms with Crippen molar-refractivity contribution in [2.45, 2.75) is 0 Å². The highest BCUT2D eigenvalue weighted by Gasteiger charge is 2.03. The number of rotatable bonds is 3. The van der Waals surface area contributed by atoms with E-state index in [0.29, 0.717) is 5.69 Å². The van der Waals surface area contributed by atoms with E-state index in [4.69, 9.17) is 5.11 Å². The van der Waals surface area contributed by atoms with Crippen LogP contribution in [0.4, 0.5) is 5.69 Å². The molecule has 0 heterocycles. The van der Waals surface area contributed by atoms with E-state index in [-0.39, 0.29) is 11.5 Å². The van der Waals surface area contributed by atoms with Crippen LogP contribution < -0.4 is 5.32 Å². The standard InChI is InChI=1S/C10H9NO3/c1-2-9(12)11-8-5-3-4-7(6-8)10(13)14/h2-6H,1H2,(H,11,12)(H,13,14). The number of benzene rings is 1. The van der Waals surface area contributed by atoms with Gasteiger partial charge in [0, 0.05) is 5.69 Å². The van der Waals surface area contributed by atoms with Crippen molar-refractivity contribution in [3.63, 3.8) is 0 Å². The Hall–Kier alpha value is -2.10. The summed E-state index contributed by atoms with van der Waals surface area (Å²) in [5, 5.41) is 11.1. The van der Waals surface area contributed by atoms with E-state index in [1.807, 2.05) is 0 Å². The molecule has 1 aromatic carbocycles. The third-order valence-electron chi connectivity index (χ3n) is 1.56. The van der Waals surface area contributed by atoms with Gasteiger partial charge in [0.25, 0.3) is 0 Å². The summed E-state index contributed by atoms with van der Waals surface area (Å²) in [5.41, 5.74) is 0.571. The van der Waals surface area contributed by atoms with Crippen molar-refractivity contribution in [3.05, 3.63) is 42.5 Å². The largest absolute Gasteiger partial charge is 0.478 e. The molecular formula is C10H9NO3. The predicted molar refractivity (Wildman–Crippen MR) is 52.2 cm³/mol. The summed E-state index contributed by atoms with van der Waals surface area (Å²) in [6.07, 6.45) is 1.12. The Morgan fingerprint density at radius 2 is 2.14 bits per heavy atom. The van der Waals surface area contributed by atoms with Crippen molar-refractivity contribution in [1.82, 2.24) is 0 Å². The van der Waals surface area contributed by atoms with Crippen LogP contribution in [0, 0.1) is 0 Å². The van der Waals surface area contributed by atoms with E-state index < -0.39 is 5.97 Å². The fourth-order valence-corrected chi connectivity index (χ4v) is 0.923. The van der Waals surface area contributed by atoms with Gasteiger partial charge in [-0.1, -0.05) is 12.6 Å². The minimum Gasteiger partial charge on any atom is -0.478 e. The van der Waals surface area contributed by atoms with Gasteiger partial charge in [-0.25, -0.2) is 4.79 Å². The van der Waals surface area contributed by atoms with Gasteiger partial charge in [-0.05, 0) is 24.3 Å². The summed E-state index contributed by atoms with van der Waals surface area (Å²) in [7, 11) is 0. The van der Waals surface area contributed by atoms with E-state index >= 15 is 0 Å². The van der Waals surface area contributed by atoms with Crippen LogP contribution in [-0.4, -0.2) is 17.0 Å². The second-order valence-corrected chi connectivity index (χ2v) is 2.58. The lowest BCUT2D eigenvalue weighted by atomic mass is 10.2. The molecule has 0 aliphatic heterocycles. The minimum atomic E-state index is -1.03. The molecule has 0 saturated carbocycles. The molecule has 1 rings (SSSR count). The summed E-state index contributed by atoms with van der Waals surface area (Å²) in [5.74, 6) is -1.40. The number of carbonyl (C=O) groups excluding carboxylic acids is 1. The molecule has 4 heteroatoms. The van der Waals surface area contributed by atoms with Crippen LogP contribution in [0.15, 0.2) is 36.9 Å². The van der Waals surface area contributed by atoms with Crippen LogP contribution in [0.1, 0.15) is 10.4 Å². The summed E-state index contributed by atoms with van der Waals surface area (Å²) in [6.45, 7) is 3.29. The molecule has 0 aliphatic rings. The van der Waals surface area contributed by atoms with Crippen LogP contribution in [0.2, 0.25) is 0 Å². The molecule has 0 atom stereocenters. The lowest BCUT2D eigenvalue weighted by Gasteiger charge is -2.02. The Labute approximate surface area is 80.9 Å². The average molecular weight is 191 g/mol. The average Bonchev–Trinajstić information content (AvgIpc) is 2.18. The van der Waals surface area contributed by atoms with Gasteiger partial charge in [0.1, 0.15) is 0 Å². The van der Waals surface area contributed by atoms with Gasteiger partial charge in [-0.3, -0.25) is 4.79 Å². The zero-order valence-corrected chi connectivity index (χ0v) is 7.36. The number of hydrogen-bond donors (Lipinski definition) is 2. The number of anilines is 1. The number of amides is 1. The Balaban J connectivity index is 2.88. The Bertz CT molecular complexity index is 385. The van der Waals surface area contributed by atoms with Gasteiger partial charge < -0.3 is 10.4 Å². The second-order valence-electron chi connectivity index (χ2n) is 2.58. The molecular weight excluding hydrogens is 182 g/mol. The zero-order chi connectivity index (χ0) is 10.6. The molecule has 14 heavy (non-hydrogen) atoms. The molecule has 0 radical (unpaired) electrons. The Morgan fingerprint density at radius 3 is 2.71 bits per heavy atom. The molecule has 0 spiro atoms. The van der Waals surface area contributed by atoms with Crippen molar-refractivity contribution < 1.29 is 14.7 Å². The van der Waals surface area contributed by atoms with Gasteiger partial charge in [0.05, 0.1) is 5.56 Å². The third kappa shape index (κ3) is 2.45. The van der Waals surface area contributed by atoms with Crippen LogP contribution in [-0.2, 0) is 4.79 Å². The third-order valence-corrected chi connectivity index (χ3v) is 1.56. The Morgan fingerprint density at radius 1 is 1.43 bits per heavy atom. The van der Waals surface area contributed by atoms with Crippen LogP contribution in [0.5, 0.6) is 0 Å². The maximum absolute atomic E-state index is 10.9. The van der Waals surface area contributed by atoms with Crippen LogP contribution in [0.25, 0.3) is 0 Å². The fourth-order valence-electron chi connectivity index (χ4n) is 0.923. The van der Waals surface area contributed by atoms with E-state index in [9.17, 15) is 9.59 Å². The highest BCUT2D eigenvalue weighted by atomic mass is 16.4. The topological polar surface area (TPSA) is 66.4 Å². The number of nitrogens with one attached hydrogen (secondary N) is 1. The highest BCUT2D eigenvalue weighted by molar-refractivity contribution is 5.99. The number of carboxylic acids is 1. The molecule has 0 aromatic heterocycles. The lowest BCUT2D eigenvalue weighted by Crippen LogP contribution is -2.08. The molecule has 1 aromatic rings. The van der Waals surface area contributed by atoms with Crippen molar-refractivity contribution in [2.75, 3.05) is 5.32 Å². The van der Waals surface area contributed by atoms with Crippen molar-refractivity contribution in [1.29, 1.82) is 0 Å². The molecule has 0 fully saturated rings. The van der Waals surface area contributed by atoms with Crippen LogP contribution >= 0.6 is 0 Å². The monoisotopic (exact) mass is 191 g/mol. The molecule has 1 amide bonds. The zero-order valence-electron chi connectivity index (χ0n) is 7.36. The molecule has 72 valence electrons. The van der Waals surface area contributed by atoms with Gasteiger partial charge in [-0.2, -0.15) is 0 Å². The number of carboxylic acid groups (broad SMARTS) is 1. The first-order valence-electron chi connectivity index (χ1n) is 3.90. The number of carbonyl (C=O) groups is 2. The summed E-state index contributed by atoms with van der Waals surface area (Å²) in [4.78, 5) is 21.5. The van der Waals surface area contributed by atoms with Gasteiger partial charge in [0.2, 0.25) is 5.91 Å². The molecule has 2 N–H and O–H groups in total. The van der Waals surface area contributed by atoms with Crippen molar-refractivity contribution in [3.8, 4) is 0 Å². The maximum Gasteiger partial charge on any atom is 0.335 e. The van der Waals surface area contributed by atoms with E-state index in [0.717, 1.165) is 6.08 Å². The maximum atomic E-state index is 10.9. The SMILES string of the molecule is C=CC(=O)Nc1cccc(C(=O)O)c1. The molecule has 0 bridgehead atoms. The first-order valence-corrected chi connectivity index (χ1v) is 3.90. The quantitative estimate of drug-likeness (QED) is 0.711. The Kier molecular flexibility index (Phi) is 3.01. The predicted octanol–water partition coefficient (Wildman–Crippen LogP) is 1.51. The molecule has 0 aliphatic carbocycles. The van der Waals surface area contributed by atoms with Crippen molar-refractivity contribution in [2.24, 2.45) is 0 Å². The smallest absolute Gasteiger partial charge is 0.335 e. The van der Waals surface area contributed by atoms with E-state index in [1.54, 1.807) is 12.1 Å². The van der Waals surface area contributed by atoms with E-state index in [2.05, 4.69) is 11.9 Å². The summed E-state index contributed by atoms with van der Waals surface area (Å²) in [6, 6.07) is 5.99. The number of aromatic carboxylic acids is 1. The van der Waals surface area contributed by atoms with E-state index in [1.165, 1.54) is 12.1 Å². The van der Waals surface area contributed by atoms with Crippen molar-refractivity contribution >= 4 is 17.6 Å². The van der Waals surface area contributed by atoms with Gasteiger partial charge >= 0.3 is 5.97 Å². The lowest BCUT2D eigenvalue weighted by molar-refractivity contribution is -0.111. The first-order chi connectivity index (χ1) is 6.63. The van der Waals surface area contributed by atoms with Gasteiger partial charge in [0.15, 0.2) is 0 Å². The highest BCUT2D eigenvalue weighted by Crippen LogP contribution is 2.10. The second kappa shape index (κ2) is 4.23. The molecule has 0 unspecified atom stereocenters. The first kappa shape index (κ1) is 9.98. The fraction of sp³-hybridized carbons (Fsp3) is 0. The van der Waals surface area contributed by atoms with Gasteiger partial charge in [-0.15, -0.1) is 0 Å². The molecule has 0 saturated heterocycles.